The molecule has 0 radical (unpaired) electrons. The first-order valence-corrected chi connectivity index (χ1v) is 4.80. The van der Waals surface area contributed by atoms with E-state index in [-0.39, 0.29) is 6.61 Å². The number of hydrogen-bond donors (Lipinski definition) is 4. The molecule has 4 N–H and O–H groups in total. The quantitative estimate of drug-likeness (QED) is 0.437. The van der Waals surface area contributed by atoms with E-state index >= 15 is 0 Å². The molecule has 13 heavy (non-hydrogen) atoms. The summed E-state index contributed by atoms with van der Waals surface area (Å²) in [6.07, 6.45) is 0.634. The van der Waals surface area contributed by atoms with Crippen molar-refractivity contribution in [3.63, 3.8) is 0 Å². The fourth-order valence-electron chi connectivity index (χ4n) is 1.04. The molecule has 0 saturated carbocycles. The lowest BCUT2D eigenvalue weighted by Crippen LogP contribution is -2.42. The number of aliphatic hydroxyl groups is 3. The molecular weight excluding hydrogens is 170 g/mol. The van der Waals surface area contributed by atoms with E-state index in [1.807, 2.05) is 13.8 Å². The Morgan fingerprint density at radius 2 is 1.85 bits per heavy atom. The van der Waals surface area contributed by atoms with Gasteiger partial charge < -0.3 is 20.6 Å². The Morgan fingerprint density at radius 1 is 1.31 bits per heavy atom. The van der Waals surface area contributed by atoms with Crippen molar-refractivity contribution in [1.82, 2.24) is 5.32 Å². The topological polar surface area (TPSA) is 72.7 Å². The average Bonchev–Trinajstić information content (AvgIpc) is 2.17. The van der Waals surface area contributed by atoms with Gasteiger partial charge in [-0.3, -0.25) is 0 Å². The smallest absolute Gasteiger partial charge is 0.0894 e. The van der Waals surface area contributed by atoms with Crippen LogP contribution in [0, 0.1) is 0 Å². The fraction of sp³-hybridized carbons (Fsp3) is 1.00. The van der Waals surface area contributed by atoms with Gasteiger partial charge in [-0.25, -0.2) is 0 Å². The Balaban J connectivity index is 3.61. The van der Waals surface area contributed by atoms with Gasteiger partial charge in [0.25, 0.3) is 0 Å². The van der Waals surface area contributed by atoms with Crippen molar-refractivity contribution in [2.45, 2.75) is 38.4 Å². The van der Waals surface area contributed by atoms with Crippen LogP contribution in [-0.4, -0.2) is 46.7 Å². The highest BCUT2D eigenvalue weighted by molar-refractivity contribution is 4.78. The molecule has 4 nitrogen and oxygen atoms in total. The Hall–Kier alpha value is -0.160. The molecule has 0 amide bonds. The maximum Gasteiger partial charge on any atom is 0.0894 e. The van der Waals surface area contributed by atoms with Crippen LogP contribution in [0.15, 0.2) is 0 Å². The third kappa shape index (κ3) is 5.21. The largest absolute Gasteiger partial charge is 0.394 e. The van der Waals surface area contributed by atoms with E-state index in [4.69, 9.17) is 10.2 Å². The van der Waals surface area contributed by atoms with Crippen LogP contribution in [-0.2, 0) is 0 Å². The molecule has 0 bridgehead atoms. The first-order chi connectivity index (χ1) is 6.08. The third-order valence-electron chi connectivity index (χ3n) is 2.36. The molecule has 0 saturated heterocycles. The number of hydrogen-bond acceptors (Lipinski definition) is 4. The van der Waals surface area contributed by atoms with Gasteiger partial charge >= 0.3 is 0 Å². The van der Waals surface area contributed by atoms with Crippen molar-refractivity contribution in [3.8, 4) is 0 Å². The summed E-state index contributed by atoms with van der Waals surface area (Å²) in [7, 11) is 0. The van der Waals surface area contributed by atoms with E-state index in [1.54, 1.807) is 0 Å². The highest BCUT2D eigenvalue weighted by atomic mass is 16.3. The summed E-state index contributed by atoms with van der Waals surface area (Å²) in [6.45, 7) is 4.38. The van der Waals surface area contributed by atoms with Crippen molar-refractivity contribution in [2.75, 3.05) is 19.7 Å². The van der Waals surface area contributed by atoms with Gasteiger partial charge in [0, 0.05) is 13.1 Å². The van der Waals surface area contributed by atoms with E-state index < -0.39 is 11.7 Å². The normalized spacial score (nSPS) is 14.5. The molecule has 0 aromatic carbocycles. The zero-order chi connectivity index (χ0) is 10.3. The minimum Gasteiger partial charge on any atom is -0.394 e. The molecule has 0 aromatic heterocycles. The lowest BCUT2D eigenvalue weighted by atomic mass is 9.97. The summed E-state index contributed by atoms with van der Waals surface area (Å²) in [5, 5.41) is 30.3. The minimum absolute atomic E-state index is 0.246. The van der Waals surface area contributed by atoms with Gasteiger partial charge in [0.2, 0.25) is 0 Å². The van der Waals surface area contributed by atoms with E-state index in [9.17, 15) is 5.11 Å². The highest BCUT2D eigenvalue weighted by Gasteiger charge is 2.21. The van der Waals surface area contributed by atoms with Gasteiger partial charge in [-0.15, -0.1) is 0 Å². The molecule has 0 aliphatic rings. The molecule has 1 atom stereocenters. The van der Waals surface area contributed by atoms with E-state index in [0.717, 1.165) is 0 Å². The fourth-order valence-corrected chi connectivity index (χ4v) is 1.04. The predicted octanol–water partition coefficient (Wildman–Crippen LogP) is -0.520. The second kappa shape index (κ2) is 6.32. The number of aliphatic hydroxyl groups excluding tert-OH is 2. The molecule has 4 heteroatoms. The number of rotatable bonds is 7. The zero-order valence-corrected chi connectivity index (χ0v) is 8.45. The van der Waals surface area contributed by atoms with Gasteiger partial charge in [0.05, 0.1) is 18.3 Å². The number of nitrogens with one attached hydrogen (secondary N) is 1. The van der Waals surface area contributed by atoms with Crippen molar-refractivity contribution in [3.05, 3.63) is 0 Å². The van der Waals surface area contributed by atoms with Gasteiger partial charge in [0.1, 0.15) is 0 Å². The van der Waals surface area contributed by atoms with Gasteiger partial charge in [-0.2, -0.15) is 0 Å². The zero-order valence-electron chi connectivity index (χ0n) is 8.45. The van der Waals surface area contributed by atoms with Gasteiger partial charge in [0.15, 0.2) is 0 Å². The Morgan fingerprint density at radius 3 is 2.23 bits per heavy atom. The molecule has 0 aromatic rings. The van der Waals surface area contributed by atoms with Crippen LogP contribution in [0.2, 0.25) is 0 Å². The van der Waals surface area contributed by atoms with Crippen LogP contribution in [0.5, 0.6) is 0 Å². The third-order valence-corrected chi connectivity index (χ3v) is 2.36. The molecule has 0 aliphatic carbocycles. The lowest BCUT2D eigenvalue weighted by Gasteiger charge is -2.25. The van der Waals surface area contributed by atoms with Crippen LogP contribution in [0.25, 0.3) is 0 Å². The highest BCUT2D eigenvalue weighted by Crippen LogP contribution is 2.12. The second-order valence-corrected chi connectivity index (χ2v) is 3.40. The minimum atomic E-state index is -0.738. The monoisotopic (exact) mass is 191 g/mol. The molecule has 0 heterocycles. The molecular formula is C9H21NO3. The van der Waals surface area contributed by atoms with Crippen LogP contribution in [0.4, 0.5) is 0 Å². The van der Waals surface area contributed by atoms with E-state index in [1.165, 1.54) is 0 Å². The average molecular weight is 191 g/mol. The molecule has 0 fully saturated rings. The SMILES string of the molecule is CCC(O)(CC)CNCC(O)CO. The van der Waals surface area contributed by atoms with Crippen molar-refractivity contribution < 1.29 is 15.3 Å². The summed E-state index contributed by atoms with van der Waals surface area (Å²) in [6, 6.07) is 0. The summed E-state index contributed by atoms with van der Waals surface area (Å²) in [4.78, 5) is 0. The molecule has 0 spiro atoms. The summed E-state index contributed by atoms with van der Waals surface area (Å²) in [5.41, 5.74) is -0.685. The van der Waals surface area contributed by atoms with Crippen molar-refractivity contribution >= 4 is 0 Å². The Kier molecular flexibility index (Phi) is 6.24. The molecule has 80 valence electrons. The molecule has 0 aliphatic heterocycles. The lowest BCUT2D eigenvalue weighted by molar-refractivity contribution is 0.0261. The maximum absolute atomic E-state index is 9.81. The van der Waals surface area contributed by atoms with Crippen LogP contribution in [0.3, 0.4) is 0 Å². The first-order valence-electron chi connectivity index (χ1n) is 4.80. The van der Waals surface area contributed by atoms with Crippen molar-refractivity contribution in [1.29, 1.82) is 0 Å². The standard InChI is InChI=1S/C9H21NO3/c1-3-9(13,4-2)7-10-5-8(12)6-11/h8,10-13H,3-7H2,1-2H3. The molecule has 1 unspecified atom stereocenters. The summed E-state index contributed by atoms with van der Waals surface area (Å²) < 4.78 is 0. The predicted molar refractivity (Wildman–Crippen MR) is 51.5 cm³/mol. The maximum atomic E-state index is 9.81. The summed E-state index contributed by atoms with van der Waals surface area (Å²) >= 11 is 0. The van der Waals surface area contributed by atoms with Gasteiger partial charge in [-0.05, 0) is 12.8 Å². The Labute approximate surface area is 79.6 Å². The van der Waals surface area contributed by atoms with Gasteiger partial charge in [-0.1, -0.05) is 13.8 Å². The second-order valence-electron chi connectivity index (χ2n) is 3.40. The summed E-state index contributed by atoms with van der Waals surface area (Å²) in [5.74, 6) is 0. The van der Waals surface area contributed by atoms with Crippen LogP contribution < -0.4 is 5.32 Å². The molecule has 0 rings (SSSR count). The Bertz CT molecular complexity index is 126. The van der Waals surface area contributed by atoms with Crippen molar-refractivity contribution in [2.24, 2.45) is 0 Å². The van der Waals surface area contributed by atoms with Crippen LogP contribution in [0.1, 0.15) is 26.7 Å². The van der Waals surface area contributed by atoms with E-state index in [2.05, 4.69) is 5.32 Å². The van der Waals surface area contributed by atoms with Crippen LogP contribution >= 0.6 is 0 Å². The first kappa shape index (κ1) is 12.8. The van der Waals surface area contributed by atoms with E-state index in [0.29, 0.717) is 25.9 Å².